The number of amides is 2. The van der Waals surface area contributed by atoms with Crippen molar-refractivity contribution in [1.82, 2.24) is 10.6 Å². The Morgan fingerprint density at radius 2 is 1.93 bits per heavy atom. The van der Waals surface area contributed by atoms with E-state index in [1.165, 1.54) is 0 Å². The van der Waals surface area contributed by atoms with E-state index in [-0.39, 0.29) is 17.7 Å². The number of nitrogens with two attached hydrogens (primary N) is 1. The number of rotatable bonds is 6. The summed E-state index contributed by atoms with van der Waals surface area (Å²) in [7, 11) is 0. The summed E-state index contributed by atoms with van der Waals surface area (Å²) in [4.78, 5) is 22.4. The minimum absolute atomic E-state index is 0.101. The van der Waals surface area contributed by atoms with Gasteiger partial charge in [-0.15, -0.1) is 0 Å². The fourth-order valence-electron chi connectivity index (χ4n) is 1.18. The monoisotopic (exact) mass is 213 g/mol. The summed E-state index contributed by atoms with van der Waals surface area (Å²) in [6.07, 6.45) is 2.62. The van der Waals surface area contributed by atoms with Gasteiger partial charge in [-0.2, -0.15) is 0 Å². The largest absolute Gasteiger partial charge is 0.354 e. The predicted molar refractivity (Wildman–Crippen MR) is 57.0 cm³/mol. The van der Waals surface area contributed by atoms with Crippen LogP contribution < -0.4 is 16.4 Å². The third-order valence-corrected chi connectivity index (χ3v) is 2.45. The minimum atomic E-state index is -0.441. The van der Waals surface area contributed by atoms with E-state index in [1.54, 1.807) is 0 Å². The molecule has 5 nitrogen and oxygen atoms in total. The van der Waals surface area contributed by atoms with E-state index in [9.17, 15) is 9.59 Å². The molecule has 0 saturated heterocycles. The molecule has 0 unspecified atom stereocenters. The van der Waals surface area contributed by atoms with Crippen LogP contribution in [0.15, 0.2) is 0 Å². The van der Waals surface area contributed by atoms with Crippen LogP contribution >= 0.6 is 0 Å². The Kier molecular flexibility index (Phi) is 4.55. The Morgan fingerprint density at radius 3 is 2.47 bits per heavy atom. The summed E-state index contributed by atoms with van der Waals surface area (Å²) in [6, 6.07) is -0.441. The van der Waals surface area contributed by atoms with E-state index >= 15 is 0 Å². The lowest BCUT2D eigenvalue weighted by Crippen LogP contribution is -2.43. The lowest BCUT2D eigenvalue weighted by molar-refractivity contribution is -0.124. The van der Waals surface area contributed by atoms with E-state index in [4.69, 9.17) is 5.73 Å². The summed E-state index contributed by atoms with van der Waals surface area (Å²) in [5, 5.41) is 5.43. The van der Waals surface area contributed by atoms with Gasteiger partial charge in [-0.05, 0) is 19.3 Å². The van der Waals surface area contributed by atoms with Gasteiger partial charge in [-0.25, -0.2) is 0 Å². The maximum atomic E-state index is 11.2. The topological polar surface area (TPSA) is 84.2 Å². The molecule has 0 aromatic heterocycles. The van der Waals surface area contributed by atoms with Crippen LogP contribution in [0.1, 0.15) is 26.2 Å². The Labute approximate surface area is 89.8 Å². The average molecular weight is 213 g/mol. The first-order valence-electron chi connectivity index (χ1n) is 5.46. The molecule has 0 spiro atoms. The van der Waals surface area contributed by atoms with Gasteiger partial charge in [0, 0.05) is 19.0 Å². The number of hydrogen-bond donors (Lipinski definition) is 3. The van der Waals surface area contributed by atoms with Gasteiger partial charge < -0.3 is 16.4 Å². The van der Waals surface area contributed by atoms with E-state index in [2.05, 4.69) is 10.6 Å². The number of carbonyl (C=O) groups is 2. The fraction of sp³-hybridized carbons (Fsp3) is 0.800. The zero-order valence-electron chi connectivity index (χ0n) is 9.08. The Hall–Kier alpha value is -1.10. The molecule has 0 radical (unpaired) electrons. The Bertz CT molecular complexity index is 239. The van der Waals surface area contributed by atoms with Crippen molar-refractivity contribution < 1.29 is 9.59 Å². The van der Waals surface area contributed by atoms with Gasteiger partial charge in [-0.3, -0.25) is 9.59 Å². The first-order valence-corrected chi connectivity index (χ1v) is 5.46. The van der Waals surface area contributed by atoms with E-state index < -0.39 is 6.04 Å². The van der Waals surface area contributed by atoms with Crippen LogP contribution in [0, 0.1) is 5.92 Å². The minimum Gasteiger partial charge on any atom is -0.354 e. The molecule has 1 saturated carbocycles. The van der Waals surface area contributed by atoms with Crippen molar-refractivity contribution in [2.24, 2.45) is 11.7 Å². The zero-order valence-corrected chi connectivity index (χ0v) is 9.08. The van der Waals surface area contributed by atoms with Crippen molar-refractivity contribution in [2.45, 2.75) is 32.2 Å². The van der Waals surface area contributed by atoms with Gasteiger partial charge in [0.15, 0.2) is 0 Å². The molecule has 1 atom stereocenters. The molecule has 1 aliphatic carbocycles. The number of nitrogens with one attached hydrogen (secondary N) is 2. The molecule has 0 aliphatic heterocycles. The van der Waals surface area contributed by atoms with Crippen molar-refractivity contribution in [2.75, 3.05) is 13.1 Å². The fourth-order valence-corrected chi connectivity index (χ4v) is 1.18. The van der Waals surface area contributed by atoms with Gasteiger partial charge in [-0.1, -0.05) is 6.92 Å². The summed E-state index contributed by atoms with van der Waals surface area (Å²) in [6.45, 7) is 2.79. The molecule has 86 valence electrons. The molecule has 2 amide bonds. The third-order valence-electron chi connectivity index (χ3n) is 2.45. The first kappa shape index (κ1) is 12.0. The maximum absolute atomic E-state index is 11.2. The third kappa shape index (κ3) is 4.29. The first-order chi connectivity index (χ1) is 7.15. The standard InChI is InChI=1S/C10H19N3O2/c1-2-8(11)10(15)13-6-5-12-9(14)7-3-4-7/h7-8H,2-6,11H2,1H3,(H,12,14)(H,13,15)/t8-/m0/s1. The summed E-state index contributed by atoms with van der Waals surface area (Å²) < 4.78 is 0. The zero-order chi connectivity index (χ0) is 11.3. The van der Waals surface area contributed by atoms with E-state index in [0.717, 1.165) is 12.8 Å². The number of carbonyl (C=O) groups excluding carboxylic acids is 2. The molecule has 0 heterocycles. The van der Waals surface area contributed by atoms with Crippen molar-refractivity contribution in [3.05, 3.63) is 0 Å². The molecule has 0 bridgehead atoms. The summed E-state index contributed by atoms with van der Waals surface area (Å²) in [5.74, 6) is 0.167. The molecule has 4 N–H and O–H groups in total. The van der Waals surface area contributed by atoms with Crippen molar-refractivity contribution in [1.29, 1.82) is 0 Å². The molecule has 0 aromatic rings. The van der Waals surface area contributed by atoms with Crippen molar-refractivity contribution >= 4 is 11.8 Å². The molecule has 1 fully saturated rings. The van der Waals surface area contributed by atoms with Gasteiger partial charge in [0.25, 0.3) is 0 Å². The quantitative estimate of drug-likeness (QED) is 0.513. The maximum Gasteiger partial charge on any atom is 0.236 e. The lowest BCUT2D eigenvalue weighted by Gasteiger charge is -2.10. The SMILES string of the molecule is CC[C@H](N)C(=O)NCCNC(=O)C1CC1. The average Bonchev–Trinajstić information content (AvgIpc) is 3.06. The lowest BCUT2D eigenvalue weighted by atomic mass is 10.2. The van der Waals surface area contributed by atoms with Gasteiger partial charge in [0.05, 0.1) is 6.04 Å². The van der Waals surface area contributed by atoms with Crippen LogP contribution in [0.3, 0.4) is 0 Å². The van der Waals surface area contributed by atoms with Crippen LogP contribution in [0.25, 0.3) is 0 Å². The normalized spacial score (nSPS) is 16.9. The summed E-state index contributed by atoms with van der Waals surface area (Å²) >= 11 is 0. The van der Waals surface area contributed by atoms with Crippen LogP contribution in [-0.2, 0) is 9.59 Å². The molecular weight excluding hydrogens is 194 g/mol. The van der Waals surface area contributed by atoms with Crippen LogP contribution in [0.4, 0.5) is 0 Å². The number of hydrogen-bond acceptors (Lipinski definition) is 3. The van der Waals surface area contributed by atoms with Gasteiger partial charge >= 0.3 is 0 Å². The molecule has 0 aromatic carbocycles. The van der Waals surface area contributed by atoms with Crippen LogP contribution in [0.2, 0.25) is 0 Å². The molecule has 5 heteroatoms. The molecule has 1 rings (SSSR count). The Morgan fingerprint density at radius 1 is 1.33 bits per heavy atom. The Balaban J connectivity index is 2.00. The highest BCUT2D eigenvalue weighted by Crippen LogP contribution is 2.28. The molecule has 15 heavy (non-hydrogen) atoms. The van der Waals surface area contributed by atoms with Crippen LogP contribution in [-0.4, -0.2) is 30.9 Å². The van der Waals surface area contributed by atoms with E-state index in [0.29, 0.717) is 19.5 Å². The molecular formula is C10H19N3O2. The van der Waals surface area contributed by atoms with E-state index in [1.807, 2.05) is 6.92 Å². The highest BCUT2D eigenvalue weighted by Gasteiger charge is 2.28. The highest BCUT2D eigenvalue weighted by atomic mass is 16.2. The van der Waals surface area contributed by atoms with Crippen LogP contribution in [0.5, 0.6) is 0 Å². The van der Waals surface area contributed by atoms with Gasteiger partial charge in [0.2, 0.25) is 11.8 Å². The smallest absolute Gasteiger partial charge is 0.236 e. The summed E-state index contributed by atoms with van der Waals surface area (Å²) in [5.41, 5.74) is 5.52. The second-order valence-corrected chi connectivity index (χ2v) is 3.87. The second-order valence-electron chi connectivity index (χ2n) is 3.87. The second kappa shape index (κ2) is 5.70. The van der Waals surface area contributed by atoms with Crippen molar-refractivity contribution in [3.63, 3.8) is 0 Å². The van der Waals surface area contributed by atoms with Gasteiger partial charge in [0.1, 0.15) is 0 Å². The van der Waals surface area contributed by atoms with Crippen molar-refractivity contribution in [3.8, 4) is 0 Å². The highest BCUT2D eigenvalue weighted by molar-refractivity contribution is 5.82. The molecule has 1 aliphatic rings. The predicted octanol–water partition coefficient (Wildman–Crippen LogP) is -0.634.